The van der Waals surface area contributed by atoms with Crippen LogP contribution in [0.25, 0.3) is 0 Å². The third kappa shape index (κ3) is 3.11. The quantitative estimate of drug-likeness (QED) is 0.851. The summed E-state index contributed by atoms with van der Waals surface area (Å²) >= 11 is 1.62. The van der Waals surface area contributed by atoms with Crippen molar-refractivity contribution in [1.29, 1.82) is 0 Å². The molecule has 0 heterocycles. The molecule has 18 heavy (non-hydrogen) atoms. The van der Waals surface area contributed by atoms with Gasteiger partial charge in [0.2, 0.25) is 0 Å². The van der Waals surface area contributed by atoms with Gasteiger partial charge in [0.05, 0.1) is 0 Å². The molecule has 0 saturated heterocycles. The number of hydrogen-bond acceptors (Lipinski definition) is 2. The van der Waals surface area contributed by atoms with Gasteiger partial charge < -0.3 is 5.32 Å². The molecule has 0 spiro atoms. The standard InChI is InChI=1S/C14H12FNOS/c1-18-13-8-2-10(3-9-13)14(17)16-12-6-4-11(15)5-7-12/h2-9H,1H3,(H,16,17). The molecule has 0 aromatic heterocycles. The number of hydrogen-bond donors (Lipinski definition) is 1. The minimum Gasteiger partial charge on any atom is -0.322 e. The number of rotatable bonds is 3. The summed E-state index contributed by atoms with van der Waals surface area (Å²) in [7, 11) is 0. The van der Waals surface area contributed by atoms with E-state index in [1.54, 1.807) is 23.9 Å². The number of nitrogens with one attached hydrogen (secondary N) is 1. The molecule has 0 unspecified atom stereocenters. The lowest BCUT2D eigenvalue weighted by Crippen LogP contribution is -2.11. The zero-order chi connectivity index (χ0) is 13.0. The lowest BCUT2D eigenvalue weighted by molar-refractivity contribution is 0.102. The highest BCUT2D eigenvalue weighted by Gasteiger charge is 2.05. The van der Waals surface area contributed by atoms with Crippen LogP contribution in [0.2, 0.25) is 0 Å². The number of halogens is 1. The Hall–Kier alpha value is -1.81. The Morgan fingerprint density at radius 1 is 1.06 bits per heavy atom. The van der Waals surface area contributed by atoms with Crippen LogP contribution in [-0.2, 0) is 0 Å². The smallest absolute Gasteiger partial charge is 0.255 e. The van der Waals surface area contributed by atoms with Crippen molar-refractivity contribution >= 4 is 23.4 Å². The first-order valence-electron chi connectivity index (χ1n) is 5.40. The lowest BCUT2D eigenvalue weighted by Gasteiger charge is -2.05. The molecule has 0 atom stereocenters. The zero-order valence-electron chi connectivity index (χ0n) is 9.81. The van der Waals surface area contributed by atoms with E-state index in [1.165, 1.54) is 24.3 Å². The van der Waals surface area contributed by atoms with E-state index >= 15 is 0 Å². The van der Waals surface area contributed by atoms with Gasteiger partial charge in [-0.1, -0.05) is 0 Å². The van der Waals surface area contributed by atoms with Gasteiger partial charge in [-0.2, -0.15) is 0 Å². The van der Waals surface area contributed by atoms with Crippen LogP contribution in [0.15, 0.2) is 53.4 Å². The van der Waals surface area contributed by atoms with Crippen LogP contribution in [0.4, 0.5) is 10.1 Å². The molecule has 2 aromatic carbocycles. The summed E-state index contributed by atoms with van der Waals surface area (Å²) in [6, 6.07) is 13.0. The summed E-state index contributed by atoms with van der Waals surface area (Å²) in [4.78, 5) is 13.0. The monoisotopic (exact) mass is 261 g/mol. The molecule has 4 heteroatoms. The van der Waals surface area contributed by atoms with Gasteiger partial charge in [0.15, 0.2) is 0 Å². The van der Waals surface area contributed by atoms with Crippen LogP contribution in [-0.4, -0.2) is 12.2 Å². The van der Waals surface area contributed by atoms with E-state index in [-0.39, 0.29) is 11.7 Å². The van der Waals surface area contributed by atoms with E-state index in [0.29, 0.717) is 11.3 Å². The summed E-state index contributed by atoms with van der Waals surface area (Å²) in [6.07, 6.45) is 1.98. The van der Waals surface area contributed by atoms with Crippen molar-refractivity contribution in [2.75, 3.05) is 11.6 Å². The molecule has 1 amide bonds. The van der Waals surface area contributed by atoms with Crippen LogP contribution >= 0.6 is 11.8 Å². The molecule has 0 aliphatic carbocycles. The van der Waals surface area contributed by atoms with Crippen molar-refractivity contribution in [2.45, 2.75) is 4.90 Å². The molecule has 0 radical (unpaired) electrons. The second-order valence-corrected chi connectivity index (χ2v) is 4.57. The third-order valence-electron chi connectivity index (χ3n) is 2.45. The van der Waals surface area contributed by atoms with Crippen molar-refractivity contribution in [3.8, 4) is 0 Å². The number of anilines is 1. The Labute approximate surface area is 109 Å². The summed E-state index contributed by atoms with van der Waals surface area (Å²) in [5.41, 5.74) is 1.16. The Morgan fingerprint density at radius 3 is 2.22 bits per heavy atom. The normalized spacial score (nSPS) is 10.1. The zero-order valence-corrected chi connectivity index (χ0v) is 10.6. The number of carbonyl (C=O) groups is 1. The number of carbonyl (C=O) groups excluding carboxylic acids is 1. The van der Waals surface area contributed by atoms with Crippen molar-refractivity contribution < 1.29 is 9.18 Å². The molecule has 0 bridgehead atoms. The SMILES string of the molecule is CSc1ccc(C(=O)Nc2ccc(F)cc2)cc1. The van der Waals surface area contributed by atoms with Gasteiger partial charge >= 0.3 is 0 Å². The minimum atomic E-state index is -0.322. The number of thioether (sulfide) groups is 1. The summed E-state index contributed by atoms with van der Waals surface area (Å²) in [5.74, 6) is -0.522. The maximum absolute atomic E-state index is 12.7. The summed E-state index contributed by atoms with van der Waals surface area (Å²) < 4.78 is 12.7. The molecule has 2 nitrogen and oxygen atoms in total. The predicted molar refractivity (Wildman–Crippen MR) is 72.6 cm³/mol. The topological polar surface area (TPSA) is 29.1 Å². The summed E-state index contributed by atoms with van der Waals surface area (Å²) in [5, 5.41) is 2.71. The molecule has 2 rings (SSSR count). The fourth-order valence-corrected chi connectivity index (χ4v) is 1.89. The average molecular weight is 261 g/mol. The van der Waals surface area contributed by atoms with E-state index in [1.807, 2.05) is 18.4 Å². The molecule has 0 saturated carbocycles. The van der Waals surface area contributed by atoms with Crippen LogP contribution in [0.1, 0.15) is 10.4 Å². The first kappa shape index (κ1) is 12.6. The Kier molecular flexibility index (Phi) is 3.99. The highest BCUT2D eigenvalue weighted by molar-refractivity contribution is 7.98. The Balaban J connectivity index is 2.09. The van der Waals surface area contributed by atoms with Gasteiger partial charge in [-0.15, -0.1) is 11.8 Å². The highest BCUT2D eigenvalue weighted by Crippen LogP contribution is 2.16. The van der Waals surface area contributed by atoms with Crippen LogP contribution in [0.3, 0.4) is 0 Å². The molecule has 92 valence electrons. The number of amides is 1. The second-order valence-electron chi connectivity index (χ2n) is 3.69. The van der Waals surface area contributed by atoms with E-state index in [2.05, 4.69) is 5.32 Å². The predicted octanol–water partition coefficient (Wildman–Crippen LogP) is 3.80. The molecule has 0 fully saturated rings. The van der Waals surface area contributed by atoms with Gasteiger partial charge in [-0.25, -0.2) is 4.39 Å². The van der Waals surface area contributed by atoms with Gasteiger partial charge in [-0.3, -0.25) is 4.79 Å². The van der Waals surface area contributed by atoms with Gasteiger partial charge in [0.25, 0.3) is 5.91 Å². The Bertz CT molecular complexity index is 537. The highest BCUT2D eigenvalue weighted by atomic mass is 32.2. The molecular weight excluding hydrogens is 249 g/mol. The van der Waals surface area contributed by atoms with E-state index in [0.717, 1.165) is 4.90 Å². The van der Waals surface area contributed by atoms with Crippen LogP contribution in [0.5, 0.6) is 0 Å². The van der Waals surface area contributed by atoms with Crippen LogP contribution in [0, 0.1) is 5.82 Å². The van der Waals surface area contributed by atoms with Crippen molar-refractivity contribution in [2.24, 2.45) is 0 Å². The molecule has 0 aliphatic heterocycles. The fraction of sp³-hybridized carbons (Fsp3) is 0.0714. The maximum Gasteiger partial charge on any atom is 0.255 e. The van der Waals surface area contributed by atoms with E-state index in [4.69, 9.17) is 0 Å². The first-order chi connectivity index (χ1) is 8.69. The van der Waals surface area contributed by atoms with Crippen molar-refractivity contribution in [3.63, 3.8) is 0 Å². The molecular formula is C14H12FNOS. The minimum absolute atomic E-state index is 0.200. The van der Waals surface area contributed by atoms with E-state index in [9.17, 15) is 9.18 Å². The fourth-order valence-electron chi connectivity index (χ4n) is 1.48. The van der Waals surface area contributed by atoms with Gasteiger partial charge in [0.1, 0.15) is 5.82 Å². The van der Waals surface area contributed by atoms with Gasteiger partial charge in [-0.05, 0) is 54.8 Å². The average Bonchev–Trinajstić information content (AvgIpc) is 2.41. The molecule has 1 N–H and O–H groups in total. The van der Waals surface area contributed by atoms with E-state index < -0.39 is 0 Å². The summed E-state index contributed by atoms with van der Waals surface area (Å²) in [6.45, 7) is 0. The maximum atomic E-state index is 12.7. The second kappa shape index (κ2) is 5.69. The first-order valence-corrected chi connectivity index (χ1v) is 6.62. The van der Waals surface area contributed by atoms with Gasteiger partial charge in [0, 0.05) is 16.1 Å². The van der Waals surface area contributed by atoms with Crippen molar-refractivity contribution in [1.82, 2.24) is 0 Å². The lowest BCUT2D eigenvalue weighted by atomic mass is 10.2. The third-order valence-corrected chi connectivity index (χ3v) is 3.20. The largest absolute Gasteiger partial charge is 0.322 e. The Morgan fingerprint density at radius 2 is 1.67 bits per heavy atom. The molecule has 0 aliphatic rings. The number of benzene rings is 2. The van der Waals surface area contributed by atoms with Crippen LogP contribution < -0.4 is 5.32 Å². The molecule has 2 aromatic rings. The van der Waals surface area contributed by atoms with Crippen molar-refractivity contribution in [3.05, 3.63) is 59.9 Å².